The Balaban J connectivity index is 1.21. The minimum atomic E-state index is -2.26. The highest BCUT2D eigenvalue weighted by molar-refractivity contribution is 5.74. The Hall–Kier alpha value is -2.71. The van der Waals surface area contributed by atoms with Crippen LogP contribution in [0.15, 0.2) is 0 Å². The molecular formula is C42H71N3O31. The van der Waals surface area contributed by atoms with Crippen LogP contribution < -0.4 is 16.0 Å². The van der Waals surface area contributed by atoms with Crippen molar-refractivity contribution in [3.63, 3.8) is 0 Å². The average Bonchev–Trinajstić information content (AvgIpc) is 3.38. The fourth-order valence-electron chi connectivity index (χ4n) is 9.72. The minimum absolute atomic E-state index is 0.728. The number of ether oxygens (including phenoxy) is 11. The second-order valence-electron chi connectivity index (χ2n) is 19.0. The van der Waals surface area contributed by atoms with Crippen LogP contribution in [0.4, 0.5) is 0 Å². The smallest absolute Gasteiger partial charge is 0.217 e. The van der Waals surface area contributed by atoms with Crippen LogP contribution in [0.1, 0.15) is 20.8 Å². The van der Waals surface area contributed by atoms with Crippen molar-refractivity contribution in [3.05, 3.63) is 0 Å². The molecule has 0 aromatic heterocycles. The highest BCUT2D eigenvalue weighted by Gasteiger charge is 2.58. The third kappa shape index (κ3) is 13.5. The van der Waals surface area contributed by atoms with Crippen LogP contribution in [-0.4, -0.2) is 328 Å². The molecule has 0 saturated carbocycles. The number of hydrogen-bond donors (Lipinski definition) is 20. The van der Waals surface area contributed by atoms with Gasteiger partial charge in [-0.15, -0.1) is 0 Å². The molecule has 0 aliphatic carbocycles. The van der Waals surface area contributed by atoms with E-state index in [9.17, 15) is 101 Å². The molecule has 6 saturated heterocycles. The van der Waals surface area contributed by atoms with Gasteiger partial charge in [0, 0.05) is 20.8 Å². The molecule has 34 heteroatoms. The summed E-state index contributed by atoms with van der Waals surface area (Å²) in [5, 5.41) is 190. The maximum Gasteiger partial charge on any atom is 0.217 e. The lowest BCUT2D eigenvalue weighted by Crippen LogP contribution is -2.71. The number of nitrogens with one attached hydrogen (secondary N) is 3. The topological polar surface area (TPSA) is 533 Å². The molecule has 1 unspecified atom stereocenters. The molecule has 0 bridgehead atoms. The van der Waals surface area contributed by atoms with E-state index in [-0.39, 0.29) is 0 Å². The zero-order chi connectivity index (χ0) is 56.2. The molecule has 6 heterocycles. The summed E-state index contributed by atoms with van der Waals surface area (Å²) in [6, 6.07) is -5.01. The van der Waals surface area contributed by atoms with Crippen molar-refractivity contribution in [1.29, 1.82) is 0 Å². The second-order valence-corrected chi connectivity index (χ2v) is 19.0. The molecule has 0 spiro atoms. The third-order valence-corrected chi connectivity index (χ3v) is 13.6. The van der Waals surface area contributed by atoms with Gasteiger partial charge in [0.2, 0.25) is 17.7 Å². The van der Waals surface area contributed by atoms with Gasteiger partial charge in [-0.05, 0) is 0 Å². The van der Waals surface area contributed by atoms with Crippen molar-refractivity contribution in [2.24, 2.45) is 0 Å². The number of carbonyl (C=O) groups excluding carboxylic acids is 3. The van der Waals surface area contributed by atoms with E-state index in [1.54, 1.807) is 0 Å². The highest BCUT2D eigenvalue weighted by Crippen LogP contribution is 2.37. The Kier molecular flexibility index (Phi) is 22.3. The lowest BCUT2D eigenvalue weighted by atomic mass is 9.93. The largest absolute Gasteiger partial charge is 0.394 e. The fraction of sp³-hybridized carbons (Fsp3) is 0.929. The van der Waals surface area contributed by atoms with Gasteiger partial charge in [0.15, 0.2) is 37.7 Å². The standard InChI is InChI=1S/C42H71N3O31/c1-10(52)43-19-34(23(56)14(5-47)66-37(19)65)74-41-30(63)27(60)32(17(8-50)70-41)72-39-21(45-12(3)54)36(25(58)16(7-49)68-39)76-42-31(64)28(61)33(18(9-51)71-42)73-38-20(44-11(2)53)35(24(57)15(6-48)67-38)75-40-29(62)26(59)22(55)13(4-46)69-40/h13-42,46-51,55-65H,4-9H2,1-3H3,(H,43,52)(H,44,53)(H,45,54)/t13-,14-,15-,16-,17-,18-,19-,20-,21-,22+,23+,24+,25+,26+,27-,28-,29-,30-,31-,32+,33+,34-,35-,36-,37?,38-,39-,40+,41+,42+/m1/s1. The van der Waals surface area contributed by atoms with Gasteiger partial charge < -0.3 is 155 Å². The van der Waals surface area contributed by atoms with Crippen LogP contribution in [-0.2, 0) is 66.5 Å². The van der Waals surface area contributed by atoms with Crippen molar-refractivity contribution in [2.75, 3.05) is 39.6 Å². The summed E-state index contributed by atoms with van der Waals surface area (Å²) >= 11 is 0. The number of aliphatic hydroxyl groups excluding tert-OH is 17. The lowest BCUT2D eigenvalue weighted by molar-refractivity contribution is -0.382. The summed E-state index contributed by atoms with van der Waals surface area (Å²) in [5.41, 5.74) is 0. The maximum absolute atomic E-state index is 12.7. The van der Waals surface area contributed by atoms with Crippen LogP contribution in [0.3, 0.4) is 0 Å². The van der Waals surface area contributed by atoms with Gasteiger partial charge in [-0.1, -0.05) is 0 Å². The van der Waals surface area contributed by atoms with E-state index in [1.165, 1.54) is 0 Å². The van der Waals surface area contributed by atoms with Gasteiger partial charge in [-0.3, -0.25) is 14.4 Å². The SMILES string of the molecule is CC(=O)N[C@H]1[C@@H](O[C@@H]2[C@H](O)[C@@H](O)[C@H](O[C@H]3[C@@H](O)[C@@H](CO)O[C@H](O[C@@H]4[C@H](O)[C@@H](O)[C@H](O[C@H]5[C@@H](O)[C@@H](CO)OC(O)[C@@H]5NC(C)=O)O[C@@H]4CO)[C@@H]3NC(C)=O)O[C@@H]2CO)O[C@H](CO)[C@H](O)[C@@H]1O[C@@H]1O[C@H](CO)[C@H](O)[C@H](O)[C@H]1O. The van der Waals surface area contributed by atoms with Gasteiger partial charge in [0.1, 0.15) is 146 Å². The number of amides is 3. The first-order valence-corrected chi connectivity index (χ1v) is 24.1. The number of hydrogen-bond acceptors (Lipinski definition) is 31. The molecule has 0 aromatic rings. The van der Waals surface area contributed by atoms with Gasteiger partial charge in [-0.2, -0.15) is 0 Å². The van der Waals surface area contributed by atoms with E-state index < -0.39 is 241 Å². The molecular weight excluding hydrogens is 1040 g/mol. The fourth-order valence-corrected chi connectivity index (χ4v) is 9.72. The van der Waals surface area contributed by atoms with E-state index in [0.717, 1.165) is 20.8 Å². The van der Waals surface area contributed by atoms with E-state index in [0.29, 0.717) is 0 Å². The molecule has 0 radical (unpaired) electrons. The first kappa shape index (κ1) is 62.5. The van der Waals surface area contributed by atoms with Crippen molar-refractivity contribution in [3.8, 4) is 0 Å². The van der Waals surface area contributed by atoms with E-state index in [1.807, 2.05) is 0 Å². The lowest BCUT2D eigenvalue weighted by Gasteiger charge is -2.51. The van der Waals surface area contributed by atoms with Crippen molar-refractivity contribution in [1.82, 2.24) is 16.0 Å². The zero-order valence-electron chi connectivity index (χ0n) is 40.9. The predicted molar refractivity (Wildman–Crippen MR) is 234 cm³/mol. The number of rotatable bonds is 19. The first-order chi connectivity index (χ1) is 35.9. The molecule has 3 amide bonds. The molecule has 6 aliphatic heterocycles. The Morgan fingerprint density at radius 2 is 0.579 bits per heavy atom. The average molecular weight is 1110 g/mol. The zero-order valence-corrected chi connectivity index (χ0v) is 40.9. The molecule has 30 atom stereocenters. The molecule has 6 fully saturated rings. The molecule has 6 aliphatic rings. The summed E-state index contributed by atoms with van der Waals surface area (Å²) in [6.45, 7) is -2.73. The quantitative estimate of drug-likeness (QED) is 0.0571. The normalized spacial score (nSPS) is 48.2. The summed E-state index contributed by atoms with van der Waals surface area (Å²) in [4.78, 5) is 37.3. The summed E-state index contributed by atoms with van der Waals surface area (Å²) in [5.74, 6) is -2.42. The van der Waals surface area contributed by atoms with Crippen molar-refractivity contribution in [2.45, 2.75) is 205 Å². The van der Waals surface area contributed by atoms with Crippen molar-refractivity contribution >= 4 is 17.7 Å². The molecule has 6 rings (SSSR count). The van der Waals surface area contributed by atoms with E-state index in [4.69, 9.17) is 52.1 Å². The van der Waals surface area contributed by atoms with Crippen LogP contribution in [0.2, 0.25) is 0 Å². The van der Waals surface area contributed by atoms with Gasteiger partial charge >= 0.3 is 0 Å². The Bertz CT molecular complexity index is 1860. The third-order valence-electron chi connectivity index (χ3n) is 13.6. The van der Waals surface area contributed by atoms with Gasteiger partial charge in [0.05, 0.1) is 39.6 Å². The summed E-state index contributed by atoms with van der Waals surface area (Å²) < 4.78 is 63.2. The minimum Gasteiger partial charge on any atom is -0.394 e. The molecule has 34 nitrogen and oxygen atoms in total. The van der Waals surface area contributed by atoms with Crippen LogP contribution >= 0.6 is 0 Å². The Labute approximate surface area is 431 Å². The first-order valence-electron chi connectivity index (χ1n) is 24.1. The van der Waals surface area contributed by atoms with Crippen molar-refractivity contribution < 1.29 is 153 Å². The highest BCUT2D eigenvalue weighted by atomic mass is 16.8. The Morgan fingerprint density at radius 1 is 0.316 bits per heavy atom. The van der Waals surface area contributed by atoms with Crippen LogP contribution in [0.5, 0.6) is 0 Å². The number of aliphatic hydroxyl groups is 17. The van der Waals surface area contributed by atoms with Crippen LogP contribution in [0, 0.1) is 0 Å². The molecule has 20 N–H and O–H groups in total. The van der Waals surface area contributed by atoms with E-state index in [2.05, 4.69) is 16.0 Å². The monoisotopic (exact) mass is 1110 g/mol. The molecule has 440 valence electrons. The predicted octanol–water partition coefficient (Wildman–Crippen LogP) is -13.7. The van der Waals surface area contributed by atoms with Gasteiger partial charge in [0.25, 0.3) is 0 Å². The summed E-state index contributed by atoms with van der Waals surface area (Å²) in [6.07, 6.45) is -51.0. The number of carbonyl (C=O) groups is 3. The Morgan fingerprint density at radius 3 is 0.921 bits per heavy atom. The molecule has 0 aromatic carbocycles. The second kappa shape index (κ2) is 27.2. The maximum atomic E-state index is 12.7. The summed E-state index contributed by atoms with van der Waals surface area (Å²) in [7, 11) is 0. The van der Waals surface area contributed by atoms with Crippen LogP contribution in [0.25, 0.3) is 0 Å². The molecule has 76 heavy (non-hydrogen) atoms. The van der Waals surface area contributed by atoms with Gasteiger partial charge in [-0.25, -0.2) is 0 Å². The van der Waals surface area contributed by atoms with E-state index >= 15 is 0 Å².